The van der Waals surface area contributed by atoms with Gasteiger partial charge in [0.15, 0.2) is 5.16 Å². The first-order valence-electron chi connectivity index (χ1n) is 3.97. The number of methoxy groups -OCH3 is 1. The molecule has 1 aromatic heterocycles. The van der Waals surface area contributed by atoms with E-state index < -0.39 is 0 Å². The first kappa shape index (κ1) is 11.6. The zero-order chi connectivity index (χ0) is 10.6. The molecule has 0 radical (unpaired) electrons. The van der Waals surface area contributed by atoms with E-state index in [0.29, 0.717) is 5.75 Å². The van der Waals surface area contributed by atoms with Crippen molar-refractivity contribution < 1.29 is 9.53 Å². The highest BCUT2D eigenvalue weighted by molar-refractivity contribution is 9.10. The molecule has 1 heterocycles. The molecule has 4 nitrogen and oxygen atoms in total. The van der Waals surface area contributed by atoms with Crippen LogP contribution in [0.15, 0.2) is 17.6 Å². The zero-order valence-electron chi connectivity index (χ0n) is 7.94. The normalized spacial score (nSPS) is 12.5. The van der Waals surface area contributed by atoms with Gasteiger partial charge in [0.1, 0.15) is 4.83 Å². The maximum absolute atomic E-state index is 11.0. The monoisotopic (exact) mass is 278 g/mol. The van der Waals surface area contributed by atoms with E-state index >= 15 is 0 Å². The number of aryl methyl sites for hydroxylation is 1. The lowest BCUT2D eigenvalue weighted by Gasteiger charge is -2.06. The fourth-order valence-electron chi connectivity index (χ4n) is 0.835. The van der Waals surface area contributed by atoms with E-state index in [4.69, 9.17) is 0 Å². The second-order valence-electron chi connectivity index (χ2n) is 2.62. The van der Waals surface area contributed by atoms with Gasteiger partial charge in [-0.1, -0.05) is 27.7 Å². The molecule has 0 N–H and O–H groups in total. The van der Waals surface area contributed by atoms with Gasteiger partial charge in [0.2, 0.25) is 0 Å². The Balaban J connectivity index is 2.41. The van der Waals surface area contributed by atoms with Crippen LogP contribution in [0.2, 0.25) is 0 Å². The summed E-state index contributed by atoms with van der Waals surface area (Å²) in [6.45, 7) is 0. The molecule has 0 aliphatic rings. The topological polar surface area (TPSA) is 44.1 Å². The number of hydrogen-bond donors (Lipinski definition) is 0. The predicted molar refractivity (Wildman–Crippen MR) is 58.7 cm³/mol. The molecule has 6 heteroatoms. The molecule has 0 spiro atoms. The molecule has 0 saturated heterocycles. The van der Waals surface area contributed by atoms with Crippen LogP contribution >= 0.6 is 27.7 Å². The number of nitrogens with zero attached hydrogens (tertiary/aromatic N) is 2. The van der Waals surface area contributed by atoms with Crippen molar-refractivity contribution in [2.24, 2.45) is 7.05 Å². The molecule has 1 unspecified atom stereocenters. The molecular formula is C8H11BrN2O2S. The molecule has 0 saturated carbocycles. The average molecular weight is 279 g/mol. The minimum atomic E-state index is -0.283. The van der Waals surface area contributed by atoms with Gasteiger partial charge in [-0.05, 0) is 0 Å². The van der Waals surface area contributed by atoms with Crippen molar-refractivity contribution in [1.82, 2.24) is 9.55 Å². The smallest absolute Gasteiger partial charge is 0.320 e. The summed E-state index contributed by atoms with van der Waals surface area (Å²) in [5.41, 5.74) is 0. The fourth-order valence-corrected chi connectivity index (χ4v) is 2.25. The highest BCUT2D eigenvalue weighted by Crippen LogP contribution is 2.19. The second kappa shape index (κ2) is 5.41. The van der Waals surface area contributed by atoms with Crippen molar-refractivity contribution in [3.63, 3.8) is 0 Å². The minimum Gasteiger partial charge on any atom is -0.468 e. The van der Waals surface area contributed by atoms with Crippen molar-refractivity contribution in [2.75, 3.05) is 12.9 Å². The van der Waals surface area contributed by atoms with Gasteiger partial charge in [-0.25, -0.2) is 4.98 Å². The number of thioether (sulfide) groups is 1. The molecular weight excluding hydrogens is 268 g/mol. The maximum atomic E-state index is 11.0. The van der Waals surface area contributed by atoms with E-state index in [-0.39, 0.29) is 10.8 Å². The van der Waals surface area contributed by atoms with Gasteiger partial charge >= 0.3 is 5.97 Å². The van der Waals surface area contributed by atoms with E-state index in [1.807, 2.05) is 17.8 Å². The molecule has 14 heavy (non-hydrogen) atoms. The molecule has 0 aromatic carbocycles. The molecule has 1 rings (SSSR count). The van der Waals surface area contributed by atoms with Gasteiger partial charge in [-0.3, -0.25) is 4.79 Å². The Morgan fingerprint density at radius 1 is 1.86 bits per heavy atom. The average Bonchev–Trinajstić information content (AvgIpc) is 2.59. The zero-order valence-corrected chi connectivity index (χ0v) is 10.3. The predicted octanol–water partition coefficient (Wildman–Crippen LogP) is 1.45. The summed E-state index contributed by atoms with van der Waals surface area (Å²) >= 11 is 4.75. The number of hydrogen-bond acceptors (Lipinski definition) is 4. The van der Waals surface area contributed by atoms with Crippen molar-refractivity contribution in [3.8, 4) is 0 Å². The summed E-state index contributed by atoms with van der Waals surface area (Å²) in [5, 5.41) is 0.887. The summed E-state index contributed by atoms with van der Waals surface area (Å²) < 4.78 is 6.49. The Bertz CT molecular complexity index is 316. The third-order valence-electron chi connectivity index (χ3n) is 1.59. The summed E-state index contributed by atoms with van der Waals surface area (Å²) in [7, 11) is 3.29. The molecule has 1 atom stereocenters. The van der Waals surface area contributed by atoms with Crippen LogP contribution < -0.4 is 0 Å². The number of carbonyl (C=O) groups excluding carboxylic acids is 1. The Hall–Kier alpha value is -0.490. The lowest BCUT2D eigenvalue weighted by molar-refractivity contribution is -0.139. The molecule has 78 valence electrons. The number of imidazole rings is 1. The van der Waals surface area contributed by atoms with Crippen LogP contribution in [0, 0.1) is 0 Å². The standard InChI is InChI=1S/C8H11BrN2O2S/c1-11-4-3-10-8(11)14-5-6(9)7(12)13-2/h3-4,6H,5H2,1-2H3. The van der Waals surface area contributed by atoms with Crippen LogP contribution in [-0.4, -0.2) is 33.2 Å². The van der Waals surface area contributed by atoms with Crippen LogP contribution in [0.3, 0.4) is 0 Å². The van der Waals surface area contributed by atoms with E-state index in [1.165, 1.54) is 18.9 Å². The van der Waals surface area contributed by atoms with E-state index in [0.717, 1.165) is 5.16 Å². The molecule has 0 bridgehead atoms. The largest absolute Gasteiger partial charge is 0.468 e. The van der Waals surface area contributed by atoms with Crippen LogP contribution in [0.4, 0.5) is 0 Å². The Morgan fingerprint density at radius 3 is 3.07 bits per heavy atom. The third-order valence-corrected chi connectivity index (χ3v) is 3.87. The first-order valence-corrected chi connectivity index (χ1v) is 5.87. The molecule has 0 amide bonds. The number of halogens is 1. The van der Waals surface area contributed by atoms with Crippen molar-refractivity contribution in [1.29, 1.82) is 0 Å². The quantitative estimate of drug-likeness (QED) is 0.475. The van der Waals surface area contributed by atoms with E-state index in [1.54, 1.807) is 6.20 Å². The molecule has 1 aromatic rings. The number of carbonyl (C=O) groups is 1. The highest BCUT2D eigenvalue weighted by Gasteiger charge is 2.16. The van der Waals surface area contributed by atoms with Crippen molar-refractivity contribution in [2.45, 2.75) is 9.98 Å². The maximum Gasteiger partial charge on any atom is 0.320 e. The van der Waals surface area contributed by atoms with Crippen LogP contribution in [-0.2, 0) is 16.6 Å². The van der Waals surface area contributed by atoms with Crippen molar-refractivity contribution in [3.05, 3.63) is 12.4 Å². The molecule has 0 aliphatic carbocycles. The number of ether oxygens (including phenoxy) is 1. The number of aromatic nitrogens is 2. The summed E-state index contributed by atoms with van der Waals surface area (Å²) in [6, 6.07) is 0. The van der Waals surface area contributed by atoms with Gasteiger partial charge in [0.05, 0.1) is 7.11 Å². The first-order chi connectivity index (χ1) is 6.65. The Labute approximate surface area is 95.2 Å². The summed E-state index contributed by atoms with van der Waals surface area (Å²) in [6.07, 6.45) is 3.59. The fraction of sp³-hybridized carbons (Fsp3) is 0.500. The summed E-state index contributed by atoms with van der Waals surface area (Å²) in [4.78, 5) is 14.9. The van der Waals surface area contributed by atoms with Gasteiger partial charge in [0.25, 0.3) is 0 Å². The van der Waals surface area contributed by atoms with Crippen LogP contribution in [0.5, 0.6) is 0 Å². The van der Waals surface area contributed by atoms with Gasteiger partial charge < -0.3 is 9.30 Å². The van der Waals surface area contributed by atoms with Crippen LogP contribution in [0.25, 0.3) is 0 Å². The third kappa shape index (κ3) is 3.02. The van der Waals surface area contributed by atoms with Crippen LogP contribution in [0.1, 0.15) is 0 Å². The lowest BCUT2D eigenvalue weighted by atomic mass is 10.5. The van der Waals surface area contributed by atoms with E-state index in [2.05, 4.69) is 25.7 Å². The number of alkyl halides is 1. The lowest BCUT2D eigenvalue weighted by Crippen LogP contribution is -2.18. The molecule has 0 fully saturated rings. The highest BCUT2D eigenvalue weighted by atomic mass is 79.9. The Morgan fingerprint density at radius 2 is 2.57 bits per heavy atom. The second-order valence-corrected chi connectivity index (χ2v) is 4.71. The SMILES string of the molecule is COC(=O)C(Br)CSc1nccn1C. The van der Waals surface area contributed by atoms with Crippen molar-refractivity contribution >= 4 is 33.7 Å². The van der Waals surface area contributed by atoms with Gasteiger partial charge in [-0.2, -0.15) is 0 Å². The summed E-state index contributed by atoms with van der Waals surface area (Å²) in [5.74, 6) is 0.351. The van der Waals surface area contributed by atoms with E-state index in [9.17, 15) is 4.79 Å². The number of esters is 1. The molecule has 0 aliphatic heterocycles. The number of rotatable bonds is 4. The van der Waals surface area contributed by atoms with Gasteiger partial charge in [-0.15, -0.1) is 0 Å². The van der Waals surface area contributed by atoms with Gasteiger partial charge in [0, 0.05) is 25.2 Å². The Kier molecular flexibility index (Phi) is 4.47. The minimum absolute atomic E-state index is 0.258.